The van der Waals surface area contributed by atoms with Gasteiger partial charge >= 0.3 is 0 Å². The first-order chi connectivity index (χ1) is 9.69. The summed E-state index contributed by atoms with van der Waals surface area (Å²) in [5.41, 5.74) is 3.40. The Hall–Kier alpha value is -0.860. The van der Waals surface area contributed by atoms with E-state index in [1.54, 1.807) is 0 Å². The van der Waals surface area contributed by atoms with Gasteiger partial charge in [-0.2, -0.15) is 0 Å². The van der Waals surface area contributed by atoms with Gasteiger partial charge in [-0.25, -0.2) is 0 Å². The van der Waals surface area contributed by atoms with Crippen LogP contribution in [-0.4, -0.2) is 31.1 Å². The summed E-state index contributed by atoms with van der Waals surface area (Å²) in [4.78, 5) is 2.71. The highest BCUT2D eigenvalue weighted by Crippen LogP contribution is 2.38. The van der Waals surface area contributed by atoms with Crippen molar-refractivity contribution < 1.29 is 0 Å². The molecule has 0 aliphatic carbocycles. The van der Waals surface area contributed by atoms with Crippen LogP contribution in [0.5, 0.6) is 0 Å². The predicted octanol–water partition coefficient (Wildman–Crippen LogP) is 3.52. The van der Waals surface area contributed by atoms with E-state index in [9.17, 15) is 0 Å². The molecule has 1 N–H and O–H groups in total. The highest BCUT2D eigenvalue weighted by molar-refractivity contribution is 5.25. The third kappa shape index (κ3) is 2.91. The molecule has 2 unspecified atom stereocenters. The van der Waals surface area contributed by atoms with Crippen LogP contribution >= 0.6 is 0 Å². The predicted molar refractivity (Wildman–Crippen MR) is 84.9 cm³/mol. The number of hydrogen-bond acceptors (Lipinski definition) is 2. The molecular formula is C18H28N2. The van der Waals surface area contributed by atoms with Gasteiger partial charge in [0.1, 0.15) is 0 Å². The molecule has 0 bridgehead atoms. The van der Waals surface area contributed by atoms with E-state index in [0.717, 1.165) is 0 Å². The molecule has 2 atom stereocenters. The quantitative estimate of drug-likeness (QED) is 0.886. The lowest BCUT2D eigenvalue weighted by molar-refractivity contribution is 0.0416. The fourth-order valence-electron chi connectivity index (χ4n) is 4.10. The Labute approximate surface area is 123 Å². The Morgan fingerprint density at radius 1 is 1.25 bits per heavy atom. The molecule has 2 fully saturated rings. The van der Waals surface area contributed by atoms with Crippen LogP contribution in [0.1, 0.15) is 49.8 Å². The van der Waals surface area contributed by atoms with Crippen LogP contribution in [0.25, 0.3) is 0 Å². The Morgan fingerprint density at radius 2 is 2.10 bits per heavy atom. The average molecular weight is 272 g/mol. The van der Waals surface area contributed by atoms with E-state index in [-0.39, 0.29) is 0 Å². The zero-order valence-corrected chi connectivity index (χ0v) is 13.0. The zero-order valence-electron chi connectivity index (χ0n) is 13.0. The van der Waals surface area contributed by atoms with Gasteiger partial charge in [-0.3, -0.25) is 4.90 Å². The molecule has 2 aliphatic heterocycles. The lowest BCUT2D eigenvalue weighted by Crippen LogP contribution is -2.51. The fourth-order valence-corrected chi connectivity index (χ4v) is 4.10. The third-order valence-electron chi connectivity index (χ3n) is 5.32. The van der Waals surface area contributed by atoms with E-state index >= 15 is 0 Å². The van der Waals surface area contributed by atoms with Gasteiger partial charge in [0.15, 0.2) is 0 Å². The number of aryl methyl sites for hydroxylation is 1. The van der Waals surface area contributed by atoms with E-state index < -0.39 is 0 Å². The van der Waals surface area contributed by atoms with Gasteiger partial charge in [0.25, 0.3) is 0 Å². The van der Waals surface area contributed by atoms with Crippen molar-refractivity contribution in [2.45, 2.75) is 45.6 Å². The van der Waals surface area contributed by atoms with Crippen molar-refractivity contribution in [2.24, 2.45) is 5.41 Å². The van der Waals surface area contributed by atoms with Crippen LogP contribution in [0.15, 0.2) is 24.3 Å². The highest BCUT2D eigenvalue weighted by atomic mass is 15.2. The van der Waals surface area contributed by atoms with Crippen molar-refractivity contribution >= 4 is 0 Å². The van der Waals surface area contributed by atoms with Crippen LogP contribution in [-0.2, 0) is 0 Å². The molecule has 1 aromatic carbocycles. The molecule has 2 aliphatic rings. The fraction of sp³-hybridized carbons (Fsp3) is 0.667. The monoisotopic (exact) mass is 272 g/mol. The molecule has 110 valence electrons. The van der Waals surface area contributed by atoms with Crippen molar-refractivity contribution in [1.29, 1.82) is 0 Å². The van der Waals surface area contributed by atoms with Crippen LogP contribution < -0.4 is 5.32 Å². The largest absolute Gasteiger partial charge is 0.316 e. The summed E-state index contributed by atoms with van der Waals surface area (Å²) >= 11 is 0. The maximum Gasteiger partial charge on any atom is 0.0320 e. The Bertz CT molecular complexity index is 443. The van der Waals surface area contributed by atoms with Gasteiger partial charge < -0.3 is 5.32 Å². The molecule has 2 saturated heterocycles. The summed E-state index contributed by atoms with van der Waals surface area (Å²) in [7, 11) is 0. The van der Waals surface area contributed by atoms with E-state index in [1.165, 1.54) is 63.0 Å². The second-order valence-corrected chi connectivity index (χ2v) is 6.94. The molecule has 2 heterocycles. The number of nitrogens with one attached hydrogen (secondary N) is 1. The molecular weight excluding hydrogens is 244 g/mol. The molecule has 2 heteroatoms. The first kappa shape index (κ1) is 14.1. The van der Waals surface area contributed by atoms with Gasteiger partial charge in [-0.15, -0.1) is 0 Å². The number of likely N-dealkylation sites (tertiary alicyclic amines) is 1. The minimum absolute atomic E-state index is 0.550. The van der Waals surface area contributed by atoms with Gasteiger partial charge in [-0.05, 0) is 63.6 Å². The molecule has 2 nitrogen and oxygen atoms in total. The standard InChI is InChI=1S/C18H28N2/c1-15-6-3-7-17(12-15)16(2)20-11-5-9-18(14-20)8-4-10-19-13-18/h3,6-7,12,16,19H,4-5,8-11,13-14H2,1-2H3. The maximum atomic E-state index is 3.63. The summed E-state index contributed by atoms with van der Waals surface area (Å²) in [6, 6.07) is 9.58. The second-order valence-electron chi connectivity index (χ2n) is 6.94. The van der Waals surface area contributed by atoms with Crippen molar-refractivity contribution in [2.75, 3.05) is 26.2 Å². The number of nitrogens with zero attached hydrogens (tertiary/aromatic N) is 1. The van der Waals surface area contributed by atoms with Crippen LogP contribution in [0.3, 0.4) is 0 Å². The van der Waals surface area contributed by atoms with Crippen molar-refractivity contribution in [3.8, 4) is 0 Å². The SMILES string of the molecule is Cc1cccc(C(C)N2CCCC3(CCCNC3)C2)c1. The Balaban J connectivity index is 1.73. The first-order valence-electron chi connectivity index (χ1n) is 8.20. The molecule has 1 aromatic rings. The van der Waals surface area contributed by atoms with Gasteiger partial charge in [0.2, 0.25) is 0 Å². The minimum Gasteiger partial charge on any atom is -0.316 e. The molecule has 3 rings (SSSR count). The summed E-state index contributed by atoms with van der Waals surface area (Å²) in [5.74, 6) is 0. The second kappa shape index (κ2) is 5.87. The van der Waals surface area contributed by atoms with E-state index in [0.29, 0.717) is 11.5 Å². The lowest BCUT2D eigenvalue weighted by Gasteiger charge is -2.47. The summed E-state index contributed by atoms with van der Waals surface area (Å²) in [6.45, 7) is 9.55. The number of piperidine rings is 2. The maximum absolute atomic E-state index is 3.63. The number of benzene rings is 1. The van der Waals surface area contributed by atoms with E-state index in [4.69, 9.17) is 0 Å². The Kier molecular flexibility index (Phi) is 4.13. The lowest BCUT2D eigenvalue weighted by atomic mass is 9.74. The Morgan fingerprint density at radius 3 is 2.85 bits per heavy atom. The van der Waals surface area contributed by atoms with E-state index in [2.05, 4.69) is 48.3 Å². The summed E-state index contributed by atoms with van der Waals surface area (Å²) in [5, 5.41) is 3.63. The normalized spacial score (nSPS) is 29.5. The number of rotatable bonds is 2. The van der Waals surface area contributed by atoms with Crippen LogP contribution in [0.4, 0.5) is 0 Å². The molecule has 0 aromatic heterocycles. The minimum atomic E-state index is 0.550. The van der Waals surface area contributed by atoms with Crippen LogP contribution in [0, 0.1) is 12.3 Å². The average Bonchev–Trinajstić information content (AvgIpc) is 2.47. The molecule has 20 heavy (non-hydrogen) atoms. The molecule has 0 saturated carbocycles. The van der Waals surface area contributed by atoms with Gasteiger partial charge in [0.05, 0.1) is 0 Å². The zero-order chi connectivity index (χ0) is 14.0. The topological polar surface area (TPSA) is 15.3 Å². The van der Waals surface area contributed by atoms with Crippen LogP contribution in [0.2, 0.25) is 0 Å². The third-order valence-corrected chi connectivity index (χ3v) is 5.32. The van der Waals surface area contributed by atoms with Gasteiger partial charge in [-0.1, -0.05) is 29.8 Å². The van der Waals surface area contributed by atoms with Crippen molar-refractivity contribution in [3.63, 3.8) is 0 Å². The molecule has 0 radical (unpaired) electrons. The van der Waals surface area contributed by atoms with E-state index in [1.807, 2.05) is 0 Å². The summed E-state index contributed by atoms with van der Waals surface area (Å²) < 4.78 is 0. The van der Waals surface area contributed by atoms with Gasteiger partial charge in [0, 0.05) is 19.1 Å². The first-order valence-corrected chi connectivity index (χ1v) is 8.20. The van der Waals surface area contributed by atoms with Crippen molar-refractivity contribution in [1.82, 2.24) is 10.2 Å². The van der Waals surface area contributed by atoms with Crippen molar-refractivity contribution in [3.05, 3.63) is 35.4 Å². The molecule has 0 amide bonds. The molecule has 1 spiro atoms. The smallest absolute Gasteiger partial charge is 0.0320 e. The number of hydrogen-bond donors (Lipinski definition) is 1. The highest BCUT2D eigenvalue weighted by Gasteiger charge is 2.37. The summed E-state index contributed by atoms with van der Waals surface area (Å²) in [6.07, 6.45) is 5.54.